The van der Waals surface area contributed by atoms with E-state index in [0.717, 1.165) is 12.7 Å². The number of rotatable bonds is 9. The Labute approximate surface area is 169 Å². The molecule has 0 saturated carbocycles. The Bertz CT molecular complexity index is 984. The van der Waals surface area contributed by atoms with Gasteiger partial charge >= 0.3 is 5.97 Å². The van der Waals surface area contributed by atoms with Crippen LogP contribution >= 0.6 is 0 Å². The number of carbonyl (C=O) groups is 2. The van der Waals surface area contributed by atoms with Gasteiger partial charge in [0.15, 0.2) is 0 Å². The van der Waals surface area contributed by atoms with Crippen LogP contribution in [0.15, 0.2) is 59.5 Å². The van der Waals surface area contributed by atoms with E-state index in [-0.39, 0.29) is 10.8 Å². The maximum atomic E-state index is 12.1. The third-order valence-corrected chi connectivity index (χ3v) is 5.12. The van der Waals surface area contributed by atoms with Gasteiger partial charge in [-0.2, -0.15) is 4.72 Å². The van der Waals surface area contributed by atoms with Crippen LogP contribution in [0.25, 0.3) is 6.08 Å². The van der Waals surface area contributed by atoms with Gasteiger partial charge in [0, 0.05) is 17.3 Å². The fourth-order valence-electron chi connectivity index (χ4n) is 2.28. The Kier molecular flexibility index (Phi) is 7.93. The van der Waals surface area contributed by atoms with Gasteiger partial charge in [-0.1, -0.05) is 18.2 Å². The van der Waals surface area contributed by atoms with Gasteiger partial charge in [0.2, 0.25) is 15.9 Å². The topological polar surface area (TPSA) is 111 Å². The lowest BCUT2D eigenvalue weighted by Gasteiger charge is -2.08. The molecule has 0 heterocycles. The van der Waals surface area contributed by atoms with E-state index >= 15 is 0 Å². The quantitative estimate of drug-likeness (QED) is 0.477. The average Bonchev–Trinajstić information content (AvgIpc) is 2.72. The van der Waals surface area contributed by atoms with E-state index in [1.165, 1.54) is 30.3 Å². The molecule has 0 spiro atoms. The number of anilines is 1. The number of carbonyl (C=O) groups excluding carboxylic acids is 2. The number of ether oxygens (including phenoxy) is 2. The van der Waals surface area contributed by atoms with Crippen LogP contribution in [0.1, 0.15) is 12.5 Å². The normalized spacial score (nSPS) is 11.2. The van der Waals surface area contributed by atoms with E-state index in [9.17, 15) is 18.0 Å². The number of methoxy groups -OCH3 is 1. The van der Waals surface area contributed by atoms with Crippen molar-refractivity contribution in [2.45, 2.75) is 11.8 Å². The summed E-state index contributed by atoms with van der Waals surface area (Å²) in [6.45, 7) is 1.92. The number of sulfonamides is 1. The van der Waals surface area contributed by atoms with Crippen molar-refractivity contribution < 1.29 is 27.5 Å². The van der Waals surface area contributed by atoms with Crippen LogP contribution in [0.4, 0.5) is 5.69 Å². The summed E-state index contributed by atoms with van der Waals surface area (Å²) in [6, 6.07) is 12.9. The Morgan fingerprint density at radius 3 is 2.41 bits per heavy atom. The molecule has 1 amide bonds. The summed E-state index contributed by atoms with van der Waals surface area (Å²) in [4.78, 5) is 23.2. The molecule has 29 heavy (non-hydrogen) atoms. The van der Waals surface area contributed by atoms with Crippen LogP contribution < -0.4 is 14.8 Å². The highest BCUT2D eigenvalue weighted by molar-refractivity contribution is 7.89. The molecule has 0 aliphatic carbocycles. The maximum Gasteiger partial charge on any atom is 0.320 e. The van der Waals surface area contributed by atoms with Crippen LogP contribution in [0.3, 0.4) is 0 Å². The maximum absolute atomic E-state index is 12.1. The minimum absolute atomic E-state index is 0.0411. The second-order valence-corrected chi connectivity index (χ2v) is 7.49. The van der Waals surface area contributed by atoms with Crippen LogP contribution in [-0.2, 0) is 24.3 Å². The van der Waals surface area contributed by atoms with Gasteiger partial charge in [-0.15, -0.1) is 0 Å². The highest BCUT2D eigenvalue weighted by Gasteiger charge is 2.15. The van der Waals surface area contributed by atoms with Gasteiger partial charge < -0.3 is 14.8 Å². The molecule has 8 nitrogen and oxygen atoms in total. The van der Waals surface area contributed by atoms with Crippen LogP contribution in [0.5, 0.6) is 5.75 Å². The SMILES string of the molecule is CCOc1ccccc1/C=C/C(=O)Nc1ccc(S(=O)(=O)NCC(=O)OC)cc1. The Balaban J connectivity index is 2.01. The van der Waals surface area contributed by atoms with Crippen LogP contribution in [0, 0.1) is 0 Å². The number of esters is 1. The smallest absolute Gasteiger partial charge is 0.320 e. The van der Waals surface area contributed by atoms with Gasteiger partial charge in [-0.25, -0.2) is 8.42 Å². The molecule has 0 aliphatic rings. The lowest BCUT2D eigenvalue weighted by atomic mass is 10.2. The average molecular weight is 418 g/mol. The molecule has 0 aromatic heterocycles. The molecule has 0 radical (unpaired) electrons. The van der Waals surface area contributed by atoms with Crippen molar-refractivity contribution in [3.05, 3.63) is 60.2 Å². The first-order valence-electron chi connectivity index (χ1n) is 8.73. The van der Waals surface area contributed by atoms with Crippen molar-refractivity contribution in [3.8, 4) is 5.75 Å². The van der Waals surface area contributed by atoms with Gasteiger partial charge in [-0.3, -0.25) is 9.59 Å². The van der Waals surface area contributed by atoms with Gasteiger partial charge in [0.1, 0.15) is 12.3 Å². The summed E-state index contributed by atoms with van der Waals surface area (Å²) in [6.07, 6.45) is 3.00. The van der Waals surface area contributed by atoms with Crippen LogP contribution in [0.2, 0.25) is 0 Å². The van der Waals surface area contributed by atoms with Crippen molar-refractivity contribution >= 4 is 33.7 Å². The summed E-state index contributed by atoms with van der Waals surface area (Å²) in [7, 11) is -2.69. The molecule has 2 aromatic carbocycles. The van der Waals surface area contributed by atoms with E-state index in [2.05, 4.69) is 14.8 Å². The fraction of sp³-hybridized carbons (Fsp3) is 0.200. The lowest BCUT2D eigenvalue weighted by Crippen LogP contribution is -2.30. The molecule has 9 heteroatoms. The molecule has 2 aromatic rings. The van der Waals surface area contributed by atoms with Crippen molar-refractivity contribution in [1.82, 2.24) is 4.72 Å². The molecule has 0 aliphatic heterocycles. The first-order valence-corrected chi connectivity index (χ1v) is 10.2. The number of amides is 1. The molecule has 0 bridgehead atoms. The standard InChI is InChI=1S/C20H22N2O6S/c1-3-28-18-7-5-4-6-15(18)8-13-19(23)22-16-9-11-17(12-10-16)29(25,26)21-14-20(24)27-2/h4-13,21H,3,14H2,1-2H3,(H,22,23)/b13-8+. The first-order chi connectivity index (χ1) is 13.9. The Hall–Kier alpha value is -3.17. The zero-order valence-electron chi connectivity index (χ0n) is 16.0. The number of nitrogens with one attached hydrogen (secondary N) is 2. The third kappa shape index (κ3) is 6.74. The highest BCUT2D eigenvalue weighted by Crippen LogP contribution is 2.19. The lowest BCUT2D eigenvalue weighted by molar-refractivity contribution is -0.139. The van der Waals surface area contributed by atoms with Gasteiger partial charge in [0.05, 0.1) is 18.6 Å². The molecule has 154 valence electrons. The molecule has 0 unspecified atom stereocenters. The second kappa shape index (κ2) is 10.4. The zero-order chi connectivity index (χ0) is 21.3. The first kappa shape index (κ1) is 22.1. The molecule has 0 saturated heterocycles. The van der Waals surface area contributed by atoms with E-state index in [0.29, 0.717) is 18.0 Å². The highest BCUT2D eigenvalue weighted by atomic mass is 32.2. The number of benzene rings is 2. The monoisotopic (exact) mass is 418 g/mol. The van der Waals surface area contributed by atoms with Crippen molar-refractivity contribution in [3.63, 3.8) is 0 Å². The predicted molar refractivity (Wildman–Crippen MR) is 109 cm³/mol. The van der Waals surface area contributed by atoms with Crippen LogP contribution in [-0.4, -0.2) is 40.6 Å². The second-order valence-electron chi connectivity index (χ2n) is 5.72. The van der Waals surface area contributed by atoms with E-state index in [4.69, 9.17) is 4.74 Å². The number of hydrogen-bond donors (Lipinski definition) is 2. The largest absolute Gasteiger partial charge is 0.493 e. The van der Waals surface area contributed by atoms with Gasteiger partial charge in [-0.05, 0) is 43.3 Å². The van der Waals surface area contributed by atoms with E-state index in [1.54, 1.807) is 6.08 Å². The van der Waals surface area contributed by atoms with Crippen molar-refractivity contribution in [2.75, 3.05) is 25.6 Å². The summed E-state index contributed by atoms with van der Waals surface area (Å²) >= 11 is 0. The van der Waals surface area contributed by atoms with Gasteiger partial charge in [0.25, 0.3) is 0 Å². The number of hydrogen-bond acceptors (Lipinski definition) is 6. The molecule has 0 fully saturated rings. The summed E-state index contributed by atoms with van der Waals surface area (Å²) in [5, 5.41) is 2.65. The predicted octanol–water partition coefficient (Wildman–Crippen LogP) is 2.19. The third-order valence-electron chi connectivity index (χ3n) is 3.70. The van der Waals surface area contributed by atoms with E-state index in [1.807, 2.05) is 31.2 Å². The summed E-state index contributed by atoms with van der Waals surface area (Å²) < 4.78 is 36.2. The Morgan fingerprint density at radius 2 is 1.76 bits per heavy atom. The number of para-hydroxylation sites is 1. The molecular formula is C20H22N2O6S. The molecular weight excluding hydrogens is 396 g/mol. The minimum atomic E-state index is -3.86. The molecule has 0 atom stereocenters. The van der Waals surface area contributed by atoms with Crippen molar-refractivity contribution in [2.24, 2.45) is 0 Å². The molecule has 2 N–H and O–H groups in total. The zero-order valence-corrected chi connectivity index (χ0v) is 16.9. The summed E-state index contributed by atoms with van der Waals surface area (Å²) in [5.74, 6) is -0.404. The molecule has 2 rings (SSSR count). The summed E-state index contributed by atoms with van der Waals surface area (Å²) in [5.41, 5.74) is 1.19. The Morgan fingerprint density at radius 1 is 1.07 bits per heavy atom. The van der Waals surface area contributed by atoms with Crippen molar-refractivity contribution in [1.29, 1.82) is 0 Å². The van der Waals surface area contributed by atoms with E-state index < -0.39 is 22.5 Å². The fourth-order valence-corrected chi connectivity index (χ4v) is 3.25. The minimum Gasteiger partial charge on any atom is -0.493 e.